The van der Waals surface area contributed by atoms with Gasteiger partial charge in [-0.15, -0.1) is 0 Å². The first-order chi connectivity index (χ1) is 8.36. The van der Waals surface area contributed by atoms with Crippen LogP contribution in [0.1, 0.15) is 32.1 Å². The molecule has 2 rings (SSSR count). The molecule has 4 nitrogen and oxygen atoms in total. The van der Waals surface area contributed by atoms with Crippen LogP contribution in [0.5, 0.6) is 0 Å². The number of carbonyl (C=O) groups excluding carboxylic acids is 1. The summed E-state index contributed by atoms with van der Waals surface area (Å²) in [4.78, 5) is 16.4. The van der Waals surface area contributed by atoms with Gasteiger partial charge in [0.2, 0.25) is 5.91 Å². The highest BCUT2D eigenvalue weighted by molar-refractivity contribution is 5.76. The van der Waals surface area contributed by atoms with Gasteiger partial charge in [0.05, 0.1) is 13.2 Å². The zero-order valence-electron chi connectivity index (χ0n) is 10.7. The average Bonchev–Trinajstić information content (AvgIpc) is 2.65. The molecule has 0 aromatic rings. The first-order valence-electron chi connectivity index (χ1n) is 6.94. The van der Waals surface area contributed by atoms with Gasteiger partial charge in [-0.2, -0.15) is 0 Å². The van der Waals surface area contributed by atoms with Gasteiger partial charge in [-0.3, -0.25) is 4.79 Å². The lowest BCUT2D eigenvalue weighted by atomic mass is 10.2. The predicted octanol–water partition coefficient (Wildman–Crippen LogP) is 1.11. The lowest BCUT2D eigenvalue weighted by Crippen LogP contribution is -2.42. The second-order valence-electron chi connectivity index (χ2n) is 5.00. The molecule has 2 aliphatic rings. The number of amides is 1. The summed E-state index contributed by atoms with van der Waals surface area (Å²) < 4.78 is 5.26. The van der Waals surface area contributed by atoms with Gasteiger partial charge in [0.1, 0.15) is 0 Å². The van der Waals surface area contributed by atoms with Crippen LogP contribution >= 0.6 is 0 Å². The maximum atomic E-state index is 12.0. The molecule has 2 heterocycles. The highest BCUT2D eigenvalue weighted by Gasteiger charge is 2.17. The normalized spacial score (nSPS) is 23.4. The van der Waals surface area contributed by atoms with E-state index in [0.29, 0.717) is 25.5 Å². The van der Waals surface area contributed by atoms with Crippen molar-refractivity contribution in [2.24, 2.45) is 0 Å². The van der Waals surface area contributed by atoms with Crippen LogP contribution in [0.2, 0.25) is 0 Å². The molecule has 0 aromatic carbocycles. The Labute approximate surface area is 104 Å². The van der Waals surface area contributed by atoms with Crippen molar-refractivity contribution < 1.29 is 9.53 Å². The summed E-state index contributed by atoms with van der Waals surface area (Å²) in [5.74, 6) is 0.303. The second-order valence-corrected chi connectivity index (χ2v) is 5.00. The number of nitrogens with zero attached hydrogens (tertiary/aromatic N) is 2. The highest BCUT2D eigenvalue weighted by Crippen LogP contribution is 2.10. The van der Waals surface area contributed by atoms with Crippen molar-refractivity contribution in [1.29, 1.82) is 0 Å². The number of likely N-dealkylation sites (tertiary alicyclic amines) is 1. The second kappa shape index (κ2) is 6.97. The SMILES string of the molecule is O=C(CCN1CCCCCC1)N1CCOCC1. The van der Waals surface area contributed by atoms with E-state index in [-0.39, 0.29) is 0 Å². The molecular weight excluding hydrogens is 216 g/mol. The summed E-state index contributed by atoms with van der Waals surface area (Å²) in [6.07, 6.45) is 5.99. The van der Waals surface area contributed by atoms with Gasteiger partial charge in [0.25, 0.3) is 0 Å². The van der Waals surface area contributed by atoms with Crippen LogP contribution in [0, 0.1) is 0 Å². The van der Waals surface area contributed by atoms with Crippen molar-refractivity contribution in [3.8, 4) is 0 Å². The largest absolute Gasteiger partial charge is 0.378 e. The minimum atomic E-state index is 0.303. The van der Waals surface area contributed by atoms with E-state index in [4.69, 9.17) is 4.74 Å². The summed E-state index contributed by atoms with van der Waals surface area (Å²) >= 11 is 0. The first-order valence-corrected chi connectivity index (χ1v) is 6.94. The fourth-order valence-electron chi connectivity index (χ4n) is 2.58. The molecule has 0 bridgehead atoms. The van der Waals surface area contributed by atoms with Gasteiger partial charge in [-0.1, -0.05) is 12.8 Å². The van der Waals surface area contributed by atoms with Gasteiger partial charge in [-0.05, 0) is 25.9 Å². The molecule has 4 heteroatoms. The molecule has 0 unspecified atom stereocenters. The van der Waals surface area contributed by atoms with E-state index in [9.17, 15) is 4.79 Å². The van der Waals surface area contributed by atoms with Crippen molar-refractivity contribution in [1.82, 2.24) is 9.80 Å². The smallest absolute Gasteiger partial charge is 0.224 e. The van der Waals surface area contributed by atoms with Gasteiger partial charge in [-0.25, -0.2) is 0 Å². The molecule has 2 fully saturated rings. The van der Waals surface area contributed by atoms with Crippen molar-refractivity contribution in [2.75, 3.05) is 45.9 Å². The number of carbonyl (C=O) groups is 1. The Kier molecular flexibility index (Phi) is 5.26. The van der Waals surface area contributed by atoms with Gasteiger partial charge >= 0.3 is 0 Å². The van der Waals surface area contributed by atoms with Crippen LogP contribution in [0.25, 0.3) is 0 Å². The maximum absolute atomic E-state index is 12.0. The fraction of sp³-hybridized carbons (Fsp3) is 0.923. The van der Waals surface area contributed by atoms with E-state index in [0.717, 1.165) is 19.6 Å². The predicted molar refractivity (Wildman–Crippen MR) is 66.9 cm³/mol. The monoisotopic (exact) mass is 240 g/mol. The van der Waals surface area contributed by atoms with Crippen LogP contribution in [-0.4, -0.2) is 61.6 Å². The van der Waals surface area contributed by atoms with Crippen LogP contribution in [-0.2, 0) is 9.53 Å². The molecule has 17 heavy (non-hydrogen) atoms. The van der Waals surface area contributed by atoms with Crippen molar-refractivity contribution in [3.05, 3.63) is 0 Å². The number of rotatable bonds is 3. The van der Waals surface area contributed by atoms with Crippen molar-refractivity contribution >= 4 is 5.91 Å². The third-order valence-electron chi connectivity index (χ3n) is 3.70. The molecule has 0 spiro atoms. The van der Waals surface area contributed by atoms with Crippen LogP contribution in [0.15, 0.2) is 0 Å². The van der Waals surface area contributed by atoms with Gasteiger partial charge in [0.15, 0.2) is 0 Å². The molecule has 0 N–H and O–H groups in total. The molecule has 0 radical (unpaired) electrons. The standard InChI is InChI=1S/C13H24N2O2/c16-13(15-9-11-17-12-10-15)5-8-14-6-3-1-2-4-7-14/h1-12H2. The lowest BCUT2D eigenvalue weighted by Gasteiger charge is -2.28. The Morgan fingerprint density at radius 1 is 0.941 bits per heavy atom. The quantitative estimate of drug-likeness (QED) is 0.741. The average molecular weight is 240 g/mol. The summed E-state index contributed by atoms with van der Waals surface area (Å²) in [5.41, 5.74) is 0. The number of hydrogen-bond acceptors (Lipinski definition) is 3. The minimum absolute atomic E-state index is 0.303. The summed E-state index contributed by atoms with van der Waals surface area (Å²) in [7, 11) is 0. The van der Waals surface area contributed by atoms with Gasteiger partial charge < -0.3 is 14.5 Å². The molecule has 0 aliphatic carbocycles. The Hall–Kier alpha value is -0.610. The Bertz CT molecular complexity index is 232. The molecular formula is C13H24N2O2. The summed E-state index contributed by atoms with van der Waals surface area (Å²) in [6.45, 7) is 6.26. The zero-order chi connectivity index (χ0) is 11.9. The van der Waals surface area contributed by atoms with Crippen LogP contribution in [0.3, 0.4) is 0 Å². The third-order valence-corrected chi connectivity index (χ3v) is 3.70. The van der Waals surface area contributed by atoms with E-state index in [1.807, 2.05) is 4.90 Å². The molecule has 1 amide bonds. The lowest BCUT2D eigenvalue weighted by molar-refractivity contribution is -0.135. The van der Waals surface area contributed by atoms with Crippen LogP contribution in [0.4, 0.5) is 0 Å². The Morgan fingerprint density at radius 3 is 2.24 bits per heavy atom. The Morgan fingerprint density at radius 2 is 1.59 bits per heavy atom. The molecule has 2 aliphatic heterocycles. The molecule has 2 saturated heterocycles. The molecule has 0 aromatic heterocycles. The molecule has 0 saturated carbocycles. The molecule has 0 atom stereocenters. The van der Waals surface area contributed by atoms with Gasteiger partial charge in [0, 0.05) is 26.1 Å². The number of hydrogen-bond donors (Lipinski definition) is 0. The zero-order valence-corrected chi connectivity index (χ0v) is 10.7. The van der Waals surface area contributed by atoms with Crippen LogP contribution < -0.4 is 0 Å². The van der Waals surface area contributed by atoms with E-state index in [2.05, 4.69) is 4.90 Å². The molecule has 98 valence electrons. The summed E-state index contributed by atoms with van der Waals surface area (Å²) in [6, 6.07) is 0. The minimum Gasteiger partial charge on any atom is -0.378 e. The third kappa shape index (κ3) is 4.28. The van der Waals surface area contributed by atoms with E-state index in [1.165, 1.54) is 38.8 Å². The van der Waals surface area contributed by atoms with E-state index >= 15 is 0 Å². The number of morpholine rings is 1. The fourth-order valence-corrected chi connectivity index (χ4v) is 2.58. The maximum Gasteiger partial charge on any atom is 0.224 e. The van der Waals surface area contributed by atoms with E-state index < -0.39 is 0 Å². The van der Waals surface area contributed by atoms with Crippen molar-refractivity contribution in [3.63, 3.8) is 0 Å². The van der Waals surface area contributed by atoms with E-state index in [1.54, 1.807) is 0 Å². The van der Waals surface area contributed by atoms with Crippen molar-refractivity contribution in [2.45, 2.75) is 32.1 Å². The Balaban J connectivity index is 1.67. The highest BCUT2D eigenvalue weighted by atomic mass is 16.5. The summed E-state index contributed by atoms with van der Waals surface area (Å²) in [5, 5.41) is 0. The number of ether oxygens (including phenoxy) is 1. The topological polar surface area (TPSA) is 32.8 Å². The first kappa shape index (κ1) is 12.8.